The zero-order chi connectivity index (χ0) is 31.8. The number of esters is 1. The number of aromatic hydroxyl groups is 1. The summed E-state index contributed by atoms with van der Waals surface area (Å²) in [5.41, 5.74) is -0.654. The van der Waals surface area contributed by atoms with E-state index in [9.17, 15) is 24.3 Å². The molecule has 0 fully saturated rings. The van der Waals surface area contributed by atoms with Gasteiger partial charge in [0.2, 0.25) is 11.8 Å². The Kier molecular flexibility index (Phi) is 11.5. The number of ether oxygens (including phenoxy) is 2. The lowest BCUT2D eigenvalue weighted by molar-refractivity contribution is -0.159. The van der Waals surface area contributed by atoms with E-state index in [1.54, 1.807) is 67.5 Å². The van der Waals surface area contributed by atoms with E-state index in [0.717, 1.165) is 10.5 Å². The number of phenols is 1. The van der Waals surface area contributed by atoms with Crippen LogP contribution < -0.4 is 10.6 Å². The van der Waals surface area contributed by atoms with Crippen molar-refractivity contribution in [2.45, 2.75) is 91.1 Å². The zero-order valence-electron chi connectivity index (χ0n) is 26.1. The molecule has 0 aliphatic heterocycles. The summed E-state index contributed by atoms with van der Waals surface area (Å²) in [6, 6.07) is 11.8. The van der Waals surface area contributed by atoms with Crippen molar-refractivity contribution in [1.29, 1.82) is 0 Å². The van der Waals surface area contributed by atoms with Gasteiger partial charge in [-0.3, -0.25) is 9.59 Å². The number of carbonyl (C=O) groups is 4. The van der Waals surface area contributed by atoms with Crippen LogP contribution in [-0.2, 0) is 30.3 Å². The highest BCUT2D eigenvalue weighted by Crippen LogP contribution is 2.29. The Balaban J connectivity index is 2.47. The van der Waals surface area contributed by atoms with Gasteiger partial charge in [0.05, 0.1) is 0 Å². The minimum atomic E-state index is -1.35. The molecule has 3 unspecified atom stereocenters. The van der Waals surface area contributed by atoms with Gasteiger partial charge in [0.1, 0.15) is 35.1 Å². The van der Waals surface area contributed by atoms with Crippen molar-refractivity contribution in [3.05, 3.63) is 65.7 Å². The molecule has 0 aliphatic carbocycles. The Labute approximate surface area is 248 Å². The average Bonchev–Trinajstić information content (AvgIpc) is 2.86. The third-order valence-corrected chi connectivity index (χ3v) is 6.11. The fraction of sp³-hybridized carbons (Fsp3) is 0.500. The monoisotopic (exact) mass is 583 g/mol. The number of nitrogens with zero attached hydrogens (tertiary/aromatic N) is 1. The minimum Gasteiger partial charge on any atom is -0.508 e. The number of hydrogen-bond acceptors (Lipinski definition) is 7. The number of amides is 3. The highest BCUT2D eigenvalue weighted by molar-refractivity contribution is 5.94. The lowest BCUT2D eigenvalue weighted by atomic mass is 9.98. The fourth-order valence-electron chi connectivity index (χ4n) is 4.21. The first-order valence-electron chi connectivity index (χ1n) is 14.0. The highest BCUT2D eigenvalue weighted by atomic mass is 16.6. The van der Waals surface area contributed by atoms with Crippen molar-refractivity contribution in [2.75, 3.05) is 7.05 Å². The van der Waals surface area contributed by atoms with E-state index in [1.807, 2.05) is 30.3 Å². The number of alkyl carbamates (subject to hydrolysis) is 1. The highest BCUT2D eigenvalue weighted by Gasteiger charge is 2.38. The molecule has 0 heterocycles. The van der Waals surface area contributed by atoms with Gasteiger partial charge in [-0.2, -0.15) is 0 Å². The standard InChI is InChI=1S/C32H45N3O7/c1-20(2)25(34-30(40)42-32(6,7)8)28(38)35(9)26(22-17-13-14-18-24(22)36)27(37)33-23(29(39)41-31(3,4)5)19-21-15-11-10-12-16-21/h10-18,20,23,25-26,36H,19H2,1-9H3,(H,33,37)(H,34,40). The first-order chi connectivity index (χ1) is 19.4. The predicted octanol–water partition coefficient (Wildman–Crippen LogP) is 4.51. The van der Waals surface area contributed by atoms with E-state index >= 15 is 0 Å². The van der Waals surface area contributed by atoms with Crippen molar-refractivity contribution < 1.29 is 33.8 Å². The molecular formula is C32H45N3O7. The van der Waals surface area contributed by atoms with Crippen molar-refractivity contribution in [3.8, 4) is 5.75 Å². The van der Waals surface area contributed by atoms with E-state index in [0.29, 0.717) is 0 Å². The van der Waals surface area contributed by atoms with Crippen molar-refractivity contribution in [3.63, 3.8) is 0 Å². The van der Waals surface area contributed by atoms with Crippen LogP contribution in [0.4, 0.5) is 4.79 Å². The van der Waals surface area contributed by atoms with Crippen LogP contribution in [0.5, 0.6) is 5.75 Å². The molecule has 0 spiro atoms. The van der Waals surface area contributed by atoms with Gasteiger partial charge < -0.3 is 30.1 Å². The molecule has 3 atom stereocenters. The number of nitrogens with one attached hydrogen (secondary N) is 2. The van der Waals surface area contributed by atoms with Crippen LogP contribution in [-0.4, -0.2) is 64.2 Å². The van der Waals surface area contributed by atoms with Gasteiger partial charge in [-0.05, 0) is 59.1 Å². The first kappa shape index (κ1) is 34.1. The van der Waals surface area contributed by atoms with Gasteiger partial charge in [0.15, 0.2) is 0 Å². The maximum atomic E-state index is 14.0. The maximum absolute atomic E-state index is 14.0. The van der Waals surface area contributed by atoms with Crippen LogP contribution in [0.2, 0.25) is 0 Å². The second kappa shape index (κ2) is 14.2. The van der Waals surface area contributed by atoms with Gasteiger partial charge >= 0.3 is 12.1 Å². The molecule has 230 valence electrons. The summed E-state index contributed by atoms with van der Waals surface area (Å²) in [5.74, 6) is -2.52. The van der Waals surface area contributed by atoms with Crippen molar-refractivity contribution in [2.24, 2.45) is 5.92 Å². The van der Waals surface area contributed by atoms with Crippen LogP contribution in [0.25, 0.3) is 0 Å². The molecule has 42 heavy (non-hydrogen) atoms. The number of hydrogen-bond donors (Lipinski definition) is 3. The summed E-state index contributed by atoms with van der Waals surface area (Å²) < 4.78 is 10.9. The largest absolute Gasteiger partial charge is 0.508 e. The predicted molar refractivity (Wildman–Crippen MR) is 160 cm³/mol. The van der Waals surface area contributed by atoms with Crippen LogP contribution in [0, 0.1) is 5.92 Å². The fourth-order valence-corrected chi connectivity index (χ4v) is 4.21. The summed E-state index contributed by atoms with van der Waals surface area (Å²) in [4.78, 5) is 54.7. The average molecular weight is 584 g/mol. The lowest BCUT2D eigenvalue weighted by Gasteiger charge is -2.34. The number of rotatable bonds is 10. The van der Waals surface area contributed by atoms with Gasteiger partial charge in [-0.1, -0.05) is 62.4 Å². The molecule has 0 radical (unpaired) electrons. The molecular weight excluding hydrogens is 538 g/mol. The summed E-state index contributed by atoms with van der Waals surface area (Å²) in [6.07, 6.45) is -0.638. The molecule has 0 saturated carbocycles. The second-order valence-electron chi connectivity index (χ2n) is 12.6. The molecule has 3 amide bonds. The van der Waals surface area contributed by atoms with E-state index in [4.69, 9.17) is 9.47 Å². The van der Waals surface area contributed by atoms with Gasteiger partial charge in [0.25, 0.3) is 0 Å². The van der Waals surface area contributed by atoms with Gasteiger partial charge in [0, 0.05) is 19.0 Å². The van der Waals surface area contributed by atoms with Gasteiger partial charge in [-0.25, -0.2) is 9.59 Å². The third kappa shape index (κ3) is 10.4. The first-order valence-corrected chi connectivity index (χ1v) is 14.0. The molecule has 2 rings (SSSR count). The Morgan fingerprint density at radius 1 is 0.833 bits per heavy atom. The lowest BCUT2D eigenvalue weighted by Crippen LogP contribution is -2.55. The van der Waals surface area contributed by atoms with Crippen LogP contribution in [0.15, 0.2) is 54.6 Å². The van der Waals surface area contributed by atoms with Crippen LogP contribution in [0.3, 0.4) is 0 Å². The second-order valence-corrected chi connectivity index (χ2v) is 12.6. The molecule has 2 aromatic carbocycles. The maximum Gasteiger partial charge on any atom is 0.408 e. The van der Waals surface area contributed by atoms with Crippen LogP contribution >= 0.6 is 0 Å². The zero-order valence-corrected chi connectivity index (χ0v) is 26.1. The summed E-state index contributed by atoms with van der Waals surface area (Å²) in [5, 5.41) is 16.1. The molecule has 0 aromatic heterocycles. The van der Waals surface area contributed by atoms with E-state index in [1.165, 1.54) is 19.2 Å². The number of phenolic OH excluding ortho intramolecular Hbond substituents is 1. The SMILES string of the molecule is CC(C)C(NC(=O)OC(C)(C)C)C(=O)N(C)C(C(=O)NC(Cc1ccccc1)C(=O)OC(C)(C)C)c1ccccc1O. The van der Waals surface area contributed by atoms with Crippen LogP contribution in [0.1, 0.15) is 72.6 Å². The normalized spacial score (nSPS) is 13.9. The number of para-hydroxylation sites is 1. The number of benzene rings is 2. The number of likely N-dealkylation sites (N-methyl/N-ethyl adjacent to an activating group) is 1. The Hall–Kier alpha value is -4.08. The topological polar surface area (TPSA) is 134 Å². The Morgan fingerprint density at radius 3 is 1.90 bits per heavy atom. The number of carbonyl (C=O) groups excluding carboxylic acids is 4. The van der Waals surface area contributed by atoms with Crippen molar-refractivity contribution in [1.82, 2.24) is 15.5 Å². The molecule has 0 saturated heterocycles. The smallest absolute Gasteiger partial charge is 0.408 e. The van der Waals surface area contributed by atoms with E-state index < -0.39 is 53.2 Å². The third-order valence-electron chi connectivity index (χ3n) is 6.11. The molecule has 10 heteroatoms. The Morgan fingerprint density at radius 2 is 1.38 bits per heavy atom. The van der Waals surface area contributed by atoms with E-state index in [2.05, 4.69) is 10.6 Å². The summed E-state index contributed by atoms with van der Waals surface area (Å²) >= 11 is 0. The molecule has 3 N–H and O–H groups in total. The quantitative estimate of drug-likeness (QED) is 0.350. The molecule has 0 bridgehead atoms. The van der Waals surface area contributed by atoms with E-state index in [-0.39, 0.29) is 23.7 Å². The molecule has 2 aromatic rings. The van der Waals surface area contributed by atoms with Crippen molar-refractivity contribution >= 4 is 23.9 Å². The minimum absolute atomic E-state index is 0.140. The molecule has 10 nitrogen and oxygen atoms in total. The Bertz CT molecular complexity index is 1230. The molecule has 0 aliphatic rings. The summed E-state index contributed by atoms with van der Waals surface area (Å²) in [6.45, 7) is 13.8. The van der Waals surface area contributed by atoms with Gasteiger partial charge in [-0.15, -0.1) is 0 Å². The summed E-state index contributed by atoms with van der Waals surface area (Å²) in [7, 11) is 1.41.